The van der Waals surface area contributed by atoms with Crippen molar-refractivity contribution in [3.63, 3.8) is 0 Å². The SMILES string of the molecule is COc1ccc(/C=C2\SC(=Nc3ccc(C)cc3)NC2=O)cc1C. The summed E-state index contributed by atoms with van der Waals surface area (Å²) < 4.78 is 5.26. The van der Waals surface area contributed by atoms with E-state index >= 15 is 0 Å². The molecule has 1 aliphatic rings. The molecule has 2 aromatic rings. The zero-order valence-electron chi connectivity index (χ0n) is 13.8. The Morgan fingerprint density at radius 2 is 1.88 bits per heavy atom. The molecule has 3 rings (SSSR count). The minimum atomic E-state index is -0.126. The highest BCUT2D eigenvalue weighted by Gasteiger charge is 2.23. The van der Waals surface area contributed by atoms with Crippen LogP contribution in [-0.2, 0) is 4.79 Å². The van der Waals surface area contributed by atoms with E-state index in [-0.39, 0.29) is 5.91 Å². The number of hydrogen-bond donors (Lipinski definition) is 1. The van der Waals surface area contributed by atoms with Crippen LogP contribution >= 0.6 is 11.8 Å². The lowest BCUT2D eigenvalue weighted by Gasteiger charge is -2.04. The molecular weight excluding hydrogens is 320 g/mol. The predicted molar refractivity (Wildman–Crippen MR) is 99.7 cm³/mol. The molecule has 1 saturated heterocycles. The first-order valence-corrected chi connectivity index (χ1v) is 8.38. The van der Waals surface area contributed by atoms with Crippen molar-refractivity contribution < 1.29 is 9.53 Å². The quantitative estimate of drug-likeness (QED) is 0.853. The number of ether oxygens (including phenoxy) is 1. The van der Waals surface area contributed by atoms with Gasteiger partial charge in [0.2, 0.25) is 0 Å². The van der Waals surface area contributed by atoms with Crippen LogP contribution in [0.15, 0.2) is 52.4 Å². The van der Waals surface area contributed by atoms with Gasteiger partial charge in [-0.1, -0.05) is 23.8 Å². The molecule has 1 amide bonds. The van der Waals surface area contributed by atoms with Crippen LogP contribution in [0, 0.1) is 13.8 Å². The fourth-order valence-electron chi connectivity index (χ4n) is 2.36. The number of methoxy groups -OCH3 is 1. The number of carbonyl (C=O) groups excluding carboxylic acids is 1. The van der Waals surface area contributed by atoms with Gasteiger partial charge in [0.25, 0.3) is 5.91 Å². The smallest absolute Gasteiger partial charge is 0.264 e. The van der Waals surface area contributed by atoms with Crippen molar-refractivity contribution in [2.45, 2.75) is 13.8 Å². The van der Waals surface area contributed by atoms with Gasteiger partial charge in [0.05, 0.1) is 17.7 Å². The van der Waals surface area contributed by atoms with Gasteiger partial charge in [-0.3, -0.25) is 4.79 Å². The van der Waals surface area contributed by atoms with E-state index in [2.05, 4.69) is 10.3 Å². The molecule has 0 aromatic heterocycles. The Morgan fingerprint density at radius 3 is 2.54 bits per heavy atom. The Balaban J connectivity index is 1.81. The van der Waals surface area contributed by atoms with Crippen LogP contribution in [-0.4, -0.2) is 18.2 Å². The standard InChI is InChI=1S/C19H18N2O2S/c1-12-4-7-15(8-5-12)20-19-21-18(22)17(24-19)11-14-6-9-16(23-3)13(2)10-14/h4-11H,1-3H3,(H,20,21,22)/b17-11-. The van der Waals surface area contributed by atoms with Crippen molar-refractivity contribution in [2.75, 3.05) is 7.11 Å². The highest BCUT2D eigenvalue weighted by molar-refractivity contribution is 8.18. The average Bonchev–Trinajstić information content (AvgIpc) is 2.89. The van der Waals surface area contributed by atoms with E-state index in [4.69, 9.17) is 4.74 Å². The number of amides is 1. The molecule has 0 aliphatic carbocycles. The molecule has 0 atom stereocenters. The molecule has 24 heavy (non-hydrogen) atoms. The topological polar surface area (TPSA) is 50.7 Å². The third-order valence-corrected chi connectivity index (χ3v) is 4.54. The Kier molecular flexibility index (Phi) is 4.71. The van der Waals surface area contributed by atoms with Crippen molar-refractivity contribution in [3.05, 3.63) is 64.1 Å². The third kappa shape index (κ3) is 3.68. The molecule has 122 valence electrons. The van der Waals surface area contributed by atoms with Crippen molar-refractivity contribution in [1.82, 2.24) is 5.32 Å². The van der Waals surface area contributed by atoms with Gasteiger partial charge < -0.3 is 10.1 Å². The molecule has 1 heterocycles. The van der Waals surface area contributed by atoms with E-state index in [1.54, 1.807) is 7.11 Å². The Labute approximate surface area is 145 Å². The van der Waals surface area contributed by atoms with Crippen LogP contribution in [0.25, 0.3) is 6.08 Å². The normalized spacial score (nSPS) is 17.4. The molecule has 2 aromatic carbocycles. The fraction of sp³-hybridized carbons (Fsp3) is 0.158. The second-order valence-corrected chi connectivity index (χ2v) is 6.58. The first-order valence-electron chi connectivity index (χ1n) is 7.56. The van der Waals surface area contributed by atoms with Crippen molar-refractivity contribution in [3.8, 4) is 5.75 Å². The molecule has 0 bridgehead atoms. The van der Waals surface area contributed by atoms with Gasteiger partial charge in [-0.2, -0.15) is 0 Å². The highest BCUT2D eigenvalue weighted by Crippen LogP contribution is 2.29. The summed E-state index contributed by atoms with van der Waals surface area (Å²) in [7, 11) is 1.65. The summed E-state index contributed by atoms with van der Waals surface area (Å²) in [6, 6.07) is 13.7. The van der Waals surface area contributed by atoms with Gasteiger partial charge in [0.1, 0.15) is 5.75 Å². The Hall–Kier alpha value is -2.53. The summed E-state index contributed by atoms with van der Waals surface area (Å²) in [6.07, 6.45) is 1.87. The summed E-state index contributed by atoms with van der Waals surface area (Å²) in [4.78, 5) is 17.2. The average molecular weight is 338 g/mol. The van der Waals surface area contributed by atoms with Crippen LogP contribution < -0.4 is 10.1 Å². The van der Waals surface area contributed by atoms with Crippen LogP contribution in [0.2, 0.25) is 0 Å². The minimum absolute atomic E-state index is 0.126. The zero-order valence-corrected chi connectivity index (χ0v) is 14.6. The van der Waals surface area contributed by atoms with E-state index in [9.17, 15) is 4.79 Å². The molecule has 1 N–H and O–H groups in total. The maximum atomic E-state index is 12.1. The van der Waals surface area contributed by atoms with Gasteiger partial charge in [-0.15, -0.1) is 0 Å². The van der Waals surface area contributed by atoms with E-state index in [0.29, 0.717) is 10.1 Å². The number of thioether (sulfide) groups is 1. The van der Waals surface area contributed by atoms with Crippen molar-refractivity contribution in [1.29, 1.82) is 0 Å². The maximum absolute atomic E-state index is 12.1. The second-order valence-electron chi connectivity index (χ2n) is 5.55. The maximum Gasteiger partial charge on any atom is 0.264 e. The first-order chi connectivity index (χ1) is 11.5. The lowest BCUT2D eigenvalue weighted by atomic mass is 10.1. The van der Waals surface area contributed by atoms with Crippen LogP contribution in [0.5, 0.6) is 5.75 Å². The number of benzene rings is 2. The molecule has 1 aliphatic heterocycles. The van der Waals surface area contributed by atoms with Crippen LogP contribution in [0.3, 0.4) is 0 Å². The van der Waals surface area contributed by atoms with Gasteiger partial charge in [-0.05, 0) is 67.1 Å². The van der Waals surface area contributed by atoms with E-state index < -0.39 is 0 Å². The molecule has 0 radical (unpaired) electrons. The first kappa shape index (κ1) is 16.3. The van der Waals surface area contributed by atoms with Gasteiger partial charge in [0, 0.05) is 0 Å². The minimum Gasteiger partial charge on any atom is -0.496 e. The van der Waals surface area contributed by atoms with Crippen molar-refractivity contribution >= 4 is 34.6 Å². The Morgan fingerprint density at radius 1 is 1.12 bits per heavy atom. The molecule has 0 unspecified atom stereocenters. The van der Waals surface area contributed by atoms with E-state index in [0.717, 1.165) is 22.6 Å². The summed E-state index contributed by atoms with van der Waals surface area (Å²) in [5, 5.41) is 3.40. The summed E-state index contributed by atoms with van der Waals surface area (Å²) in [5.74, 6) is 0.710. The van der Waals surface area contributed by atoms with Crippen LogP contribution in [0.1, 0.15) is 16.7 Å². The lowest BCUT2D eigenvalue weighted by molar-refractivity contribution is -0.115. The highest BCUT2D eigenvalue weighted by atomic mass is 32.2. The van der Waals surface area contributed by atoms with Crippen LogP contribution in [0.4, 0.5) is 5.69 Å². The van der Waals surface area contributed by atoms with E-state index in [1.165, 1.54) is 17.3 Å². The third-order valence-electron chi connectivity index (χ3n) is 3.63. The molecule has 4 nitrogen and oxygen atoms in total. The number of amidine groups is 1. The largest absolute Gasteiger partial charge is 0.496 e. The van der Waals surface area contributed by atoms with Gasteiger partial charge in [0.15, 0.2) is 5.17 Å². The molecule has 0 saturated carbocycles. The molecular formula is C19H18N2O2S. The zero-order chi connectivity index (χ0) is 17.1. The number of aliphatic imine (C=N–C) groups is 1. The number of rotatable bonds is 3. The summed E-state index contributed by atoms with van der Waals surface area (Å²) >= 11 is 1.35. The van der Waals surface area contributed by atoms with Crippen molar-refractivity contribution in [2.24, 2.45) is 4.99 Å². The fourth-order valence-corrected chi connectivity index (χ4v) is 3.20. The predicted octanol–water partition coefficient (Wildman–Crippen LogP) is 4.20. The molecule has 0 spiro atoms. The molecule has 1 fully saturated rings. The number of carbonyl (C=O) groups is 1. The number of nitrogens with one attached hydrogen (secondary N) is 1. The monoisotopic (exact) mass is 338 g/mol. The van der Waals surface area contributed by atoms with E-state index in [1.807, 2.05) is 62.4 Å². The summed E-state index contributed by atoms with van der Waals surface area (Å²) in [5.41, 5.74) is 3.99. The Bertz CT molecular complexity index is 839. The molecule has 5 heteroatoms. The number of hydrogen-bond acceptors (Lipinski definition) is 4. The van der Waals surface area contributed by atoms with Gasteiger partial charge >= 0.3 is 0 Å². The summed E-state index contributed by atoms with van der Waals surface area (Å²) in [6.45, 7) is 4.01. The number of nitrogens with zero attached hydrogens (tertiary/aromatic N) is 1. The second kappa shape index (κ2) is 6.93. The number of aryl methyl sites for hydroxylation is 2. The van der Waals surface area contributed by atoms with Gasteiger partial charge in [-0.25, -0.2) is 4.99 Å². The lowest BCUT2D eigenvalue weighted by Crippen LogP contribution is -2.19.